The fourth-order valence-electron chi connectivity index (χ4n) is 1.56. The average Bonchev–Trinajstić information content (AvgIpc) is 2.16. The number of ketones is 1. The number of hydrogen-bond donors (Lipinski definition) is 0. The molecule has 0 aliphatic rings. The van der Waals surface area contributed by atoms with Gasteiger partial charge in [-0.3, -0.25) is 4.79 Å². The van der Waals surface area contributed by atoms with E-state index in [9.17, 15) is 4.79 Å². The predicted octanol–water partition coefficient (Wildman–Crippen LogP) is 4.12. The minimum atomic E-state index is -0.222. The van der Waals surface area contributed by atoms with Crippen LogP contribution in [-0.4, -0.2) is 11.2 Å². The highest BCUT2D eigenvalue weighted by Gasteiger charge is 2.10. The summed E-state index contributed by atoms with van der Waals surface area (Å²) in [7, 11) is 0. The summed E-state index contributed by atoms with van der Waals surface area (Å²) in [5.74, 6) is 0.110. The molecule has 1 aromatic carbocycles. The number of benzene rings is 1. The summed E-state index contributed by atoms with van der Waals surface area (Å²) in [6, 6.07) is 7.97. The van der Waals surface area contributed by atoms with Gasteiger partial charge in [-0.25, -0.2) is 0 Å². The Hall–Kier alpha value is -0.530. The number of hydrogen-bond acceptors (Lipinski definition) is 1. The summed E-state index contributed by atoms with van der Waals surface area (Å²) in [4.78, 5) is 10.9. The summed E-state index contributed by atoms with van der Waals surface area (Å²) in [5, 5.41) is -0.0881. The van der Waals surface area contributed by atoms with Crippen molar-refractivity contribution < 1.29 is 4.79 Å². The Morgan fingerprint density at radius 2 is 1.81 bits per heavy atom. The van der Waals surface area contributed by atoms with E-state index in [0.29, 0.717) is 6.42 Å². The third-order valence-electron chi connectivity index (χ3n) is 2.33. The van der Waals surface area contributed by atoms with Gasteiger partial charge in [0.05, 0.1) is 5.38 Å². The lowest BCUT2D eigenvalue weighted by Gasteiger charge is -2.09. The molecule has 0 aromatic heterocycles. The van der Waals surface area contributed by atoms with Gasteiger partial charge in [-0.1, -0.05) is 24.3 Å². The number of Topliss-reactive ketones (excluding diaryl/α,β-unsaturated/α-hetero) is 1. The summed E-state index contributed by atoms with van der Waals surface area (Å²) >= 11 is 12.0. The molecule has 0 aliphatic heterocycles. The Bertz CT molecular complexity index is 343. The Morgan fingerprint density at radius 1 is 1.25 bits per heavy atom. The van der Waals surface area contributed by atoms with Crippen LogP contribution >= 0.6 is 23.2 Å². The van der Waals surface area contributed by atoms with E-state index in [-0.39, 0.29) is 16.5 Å². The minimum Gasteiger partial charge on any atom is -0.300 e. The van der Waals surface area contributed by atoms with E-state index in [2.05, 4.69) is 0 Å². The van der Waals surface area contributed by atoms with Crippen molar-refractivity contribution in [1.82, 2.24) is 0 Å². The van der Waals surface area contributed by atoms with Crippen LogP contribution in [0.1, 0.15) is 36.8 Å². The van der Waals surface area contributed by atoms with Gasteiger partial charge in [0.2, 0.25) is 0 Å². The molecule has 0 bridgehead atoms. The molecule has 0 saturated carbocycles. The van der Waals surface area contributed by atoms with Crippen molar-refractivity contribution in [3.8, 4) is 0 Å². The second-order valence-corrected chi connectivity index (χ2v) is 5.37. The van der Waals surface area contributed by atoms with Crippen molar-refractivity contribution in [3.05, 3.63) is 35.4 Å². The van der Waals surface area contributed by atoms with Gasteiger partial charge < -0.3 is 0 Å². The van der Waals surface area contributed by atoms with Gasteiger partial charge >= 0.3 is 0 Å². The van der Waals surface area contributed by atoms with Crippen LogP contribution in [0, 0.1) is 0 Å². The zero-order valence-corrected chi connectivity index (χ0v) is 11.1. The lowest BCUT2D eigenvalue weighted by Crippen LogP contribution is -2.00. The van der Waals surface area contributed by atoms with Crippen molar-refractivity contribution >= 4 is 29.0 Å². The van der Waals surface area contributed by atoms with Gasteiger partial charge in [0.15, 0.2) is 0 Å². The largest absolute Gasteiger partial charge is 0.300 e. The smallest absolute Gasteiger partial charge is 0.131 e. The van der Waals surface area contributed by atoms with Gasteiger partial charge in [0.25, 0.3) is 0 Å². The maximum absolute atomic E-state index is 10.9. The summed E-state index contributed by atoms with van der Waals surface area (Å²) in [5.41, 5.74) is 2.18. The monoisotopic (exact) mass is 258 g/mol. The fourth-order valence-corrected chi connectivity index (χ4v) is 2.10. The number of alkyl halides is 2. The predicted molar refractivity (Wildman–Crippen MR) is 69.4 cm³/mol. The highest BCUT2D eigenvalue weighted by atomic mass is 35.5. The Balaban J connectivity index is 2.66. The Morgan fingerprint density at radius 3 is 2.25 bits per heavy atom. The molecule has 1 aromatic rings. The normalized spacial score (nSPS) is 14.5. The SMILES string of the molecule is CC(=O)CC(Cl)c1ccc(CC(C)Cl)cc1. The molecule has 0 heterocycles. The van der Waals surface area contributed by atoms with Gasteiger partial charge in [-0.15, -0.1) is 23.2 Å². The molecule has 0 saturated heterocycles. The first kappa shape index (κ1) is 13.5. The Kier molecular flexibility index (Phi) is 5.30. The van der Waals surface area contributed by atoms with Crippen LogP contribution < -0.4 is 0 Å². The van der Waals surface area contributed by atoms with E-state index in [1.807, 2.05) is 31.2 Å². The van der Waals surface area contributed by atoms with Crippen molar-refractivity contribution in [2.45, 2.75) is 37.4 Å². The third kappa shape index (κ3) is 4.54. The molecule has 2 unspecified atom stereocenters. The van der Waals surface area contributed by atoms with Crippen molar-refractivity contribution in [1.29, 1.82) is 0 Å². The maximum Gasteiger partial charge on any atom is 0.131 e. The first-order valence-corrected chi connectivity index (χ1v) is 6.22. The Labute approximate surface area is 107 Å². The van der Waals surface area contributed by atoms with Crippen LogP contribution in [-0.2, 0) is 11.2 Å². The molecule has 3 heteroatoms. The van der Waals surface area contributed by atoms with Crippen molar-refractivity contribution in [2.24, 2.45) is 0 Å². The summed E-state index contributed by atoms with van der Waals surface area (Å²) in [6.45, 7) is 3.52. The van der Waals surface area contributed by atoms with Crippen molar-refractivity contribution in [2.75, 3.05) is 0 Å². The molecular weight excluding hydrogens is 243 g/mol. The van der Waals surface area contributed by atoms with Crippen molar-refractivity contribution in [3.63, 3.8) is 0 Å². The molecule has 0 N–H and O–H groups in total. The highest BCUT2D eigenvalue weighted by molar-refractivity contribution is 6.22. The van der Waals surface area contributed by atoms with Gasteiger partial charge in [0.1, 0.15) is 5.78 Å². The molecule has 16 heavy (non-hydrogen) atoms. The van der Waals surface area contributed by atoms with E-state index in [0.717, 1.165) is 12.0 Å². The molecule has 0 fully saturated rings. The summed E-state index contributed by atoms with van der Waals surface area (Å²) in [6.07, 6.45) is 1.23. The van der Waals surface area contributed by atoms with Gasteiger partial charge in [0, 0.05) is 11.8 Å². The lowest BCUT2D eigenvalue weighted by atomic mass is 10.0. The second-order valence-electron chi connectivity index (χ2n) is 4.10. The van der Waals surface area contributed by atoms with Crippen LogP contribution in [0.15, 0.2) is 24.3 Å². The highest BCUT2D eigenvalue weighted by Crippen LogP contribution is 2.24. The van der Waals surface area contributed by atoms with E-state index in [4.69, 9.17) is 23.2 Å². The summed E-state index contributed by atoms with van der Waals surface area (Å²) < 4.78 is 0. The number of halogens is 2. The zero-order valence-electron chi connectivity index (χ0n) is 9.54. The number of rotatable bonds is 5. The van der Waals surface area contributed by atoms with Crippen LogP contribution in [0.4, 0.5) is 0 Å². The molecule has 0 spiro atoms. The standard InChI is InChI=1S/C13H16Cl2O/c1-9(14)7-11-3-5-12(6-4-11)13(15)8-10(2)16/h3-6,9,13H,7-8H2,1-2H3. The lowest BCUT2D eigenvalue weighted by molar-refractivity contribution is -0.117. The number of carbonyl (C=O) groups excluding carboxylic acids is 1. The molecule has 1 rings (SSSR count). The first-order chi connectivity index (χ1) is 7.49. The molecular formula is C13H16Cl2O. The molecule has 0 radical (unpaired) electrons. The average molecular weight is 259 g/mol. The molecule has 2 atom stereocenters. The molecule has 0 aliphatic carbocycles. The van der Waals surface area contributed by atoms with Crippen LogP contribution in [0.2, 0.25) is 0 Å². The zero-order chi connectivity index (χ0) is 12.1. The first-order valence-electron chi connectivity index (χ1n) is 5.35. The number of carbonyl (C=O) groups is 1. The third-order valence-corrected chi connectivity index (χ3v) is 2.89. The second kappa shape index (κ2) is 6.27. The van der Waals surface area contributed by atoms with E-state index in [1.54, 1.807) is 6.92 Å². The fraction of sp³-hybridized carbons (Fsp3) is 0.462. The topological polar surface area (TPSA) is 17.1 Å². The van der Waals surface area contributed by atoms with E-state index in [1.165, 1.54) is 5.56 Å². The quantitative estimate of drug-likeness (QED) is 0.727. The van der Waals surface area contributed by atoms with E-state index >= 15 is 0 Å². The van der Waals surface area contributed by atoms with E-state index < -0.39 is 0 Å². The molecule has 88 valence electrons. The minimum absolute atomic E-state index is 0.110. The van der Waals surface area contributed by atoms with Gasteiger partial charge in [-0.2, -0.15) is 0 Å². The van der Waals surface area contributed by atoms with Crippen LogP contribution in [0.25, 0.3) is 0 Å². The van der Waals surface area contributed by atoms with Gasteiger partial charge in [-0.05, 0) is 31.4 Å². The molecule has 0 amide bonds. The molecule has 1 nitrogen and oxygen atoms in total. The maximum atomic E-state index is 10.9. The van der Waals surface area contributed by atoms with Crippen LogP contribution in [0.5, 0.6) is 0 Å². The van der Waals surface area contributed by atoms with Crippen LogP contribution in [0.3, 0.4) is 0 Å².